The van der Waals surface area contributed by atoms with Crippen LogP contribution in [0, 0.1) is 0 Å². The average molecular weight is 376 g/mol. The van der Waals surface area contributed by atoms with Gasteiger partial charge in [0.25, 0.3) is 0 Å². The van der Waals surface area contributed by atoms with Crippen LogP contribution in [0.2, 0.25) is 0 Å². The summed E-state index contributed by atoms with van der Waals surface area (Å²) in [5.41, 5.74) is 3.45. The third-order valence-corrected chi connectivity index (χ3v) is 5.29. The van der Waals surface area contributed by atoms with Crippen molar-refractivity contribution in [1.82, 2.24) is 20.5 Å². The molecule has 1 amide bonds. The van der Waals surface area contributed by atoms with Gasteiger partial charge in [0.15, 0.2) is 0 Å². The van der Waals surface area contributed by atoms with Crippen molar-refractivity contribution in [3.8, 4) is 22.5 Å². The molecule has 1 aromatic heterocycles. The Hall–Kier alpha value is -2.73. The number of carbonyl (C=O) groups is 1. The van der Waals surface area contributed by atoms with Crippen molar-refractivity contribution in [3.05, 3.63) is 60.7 Å². The predicted octanol–water partition coefficient (Wildman–Crippen LogP) is 3.96. The second kappa shape index (κ2) is 7.88. The van der Waals surface area contributed by atoms with Gasteiger partial charge in [0, 0.05) is 17.2 Å². The van der Waals surface area contributed by atoms with Gasteiger partial charge in [-0.3, -0.25) is 4.79 Å². The normalized spacial score (nSPS) is 14.6. The van der Waals surface area contributed by atoms with E-state index in [4.69, 9.17) is 4.98 Å². The molecule has 1 aliphatic rings. The standard InChI is InChI=1S/C21H20N4OS/c1-14(20(26)22-17-12-13-17)27-21-23-18(15-8-4-2-5-9-15)19(24-25-21)16-10-6-3-7-11-16/h2-11,14,17H,12-13H2,1H3,(H,22,26)/t14-/m1/s1. The first-order valence-corrected chi connectivity index (χ1v) is 9.91. The maximum absolute atomic E-state index is 12.2. The van der Waals surface area contributed by atoms with Gasteiger partial charge in [0.2, 0.25) is 11.1 Å². The van der Waals surface area contributed by atoms with Crippen LogP contribution < -0.4 is 5.32 Å². The first-order valence-electron chi connectivity index (χ1n) is 9.03. The topological polar surface area (TPSA) is 67.8 Å². The molecule has 4 rings (SSSR count). The van der Waals surface area contributed by atoms with Crippen LogP contribution in [0.4, 0.5) is 0 Å². The summed E-state index contributed by atoms with van der Waals surface area (Å²) < 4.78 is 0. The van der Waals surface area contributed by atoms with E-state index in [-0.39, 0.29) is 11.2 Å². The maximum Gasteiger partial charge on any atom is 0.233 e. The van der Waals surface area contributed by atoms with Crippen LogP contribution in [0.1, 0.15) is 19.8 Å². The predicted molar refractivity (Wildman–Crippen MR) is 107 cm³/mol. The molecule has 27 heavy (non-hydrogen) atoms. The van der Waals surface area contributed by atoms with Crippen LogP contribution >= 0.6 is 11.8 Å². The van der Waals surface area contributed by atoms with E-state index in [1.807, 2.05) is 67.6 Å². The fourth-order valence-electron chi connectivity index (χ4n) is 2.71. The lowest BCUT2D eigenvalue weighted by molar-refractivity contribution is -0.120. The smallest absolute Gasteiger partial charge is 0.233 e. The zero-order chi connectivity index (χ0) is 18.6. The van der Waals surface area contributed by atoms with Gasteiger partial charge < -0.3 is 5.32 Å². The molecule has 5 nitrogen and oxygen atoms in total. The number of rotatable bonds is 6. The molecule has 0 aliphatic heterocycles. The monoisotopic (exact) mass is 376 g/mol. The highest BCUT2D eigenvalue weighted by molar-refractivity contribution is 8.00. The number of amides is 1. The number of carbonyl (C=O) groups excluding carboxylic acids is 1. The molecule has 1 heterocycles. The number of thioether (sulfide) groups is 1. The van der Waals surface area contributed by atoms with Gasteiger partial charge in [-0.25, -0.2) is 4.98 Å². The van der Waals surface area contributed by atoms with Gasteiger partial charge >= 0.3 is 0 Å². The third kappa shape index (κ3) is 4.34. The molecule has 1 aliphatic carbocycles. The van der Waals surface area contributed by atoms with Crippen molar-refractivity contribution in [2.45, 2.75) is 36.2 Å². The molecule has 6 heteroatoms. The Morgan fingerprint density at radius 2 is 1.56 bits per heavy atom. The minimum absolute atomic E-state index is 0.0273. The van der Waals surface area contributed by atoms with Crippen molar-refractivity contribution >= 4 is 17.7 Å². The minimum Gasteiger partial charge on any atom is -0.352 e. The molecule has 0 unspecified atom stereocenters. The van der Waals surface area contributed by atoms with Crippen molar-refractivity contribution in [2.24, 2.45) is 0 Å². The summed E-state index contributed by atoms with van der Waals surface area (Å²) in [6.45, 7) is 1.87. The minimum atomic E-state index is -0.265. The second-order valence-corrected chi connectivity index (χ2v) is 7.87. The molecule has 3 aromatic rings. The number of nitrogens with one attached hydrogen (secondary N) is 1. The number of aromatic nitrogens is 3. The van der Waals surface area contributed by atoms with Crippen molar-refractivity contribution in [3.63, 3.8) is 0 Å². The molecular weight excluding hydrogens is 356 g/mol. The zero-order valence-electron chi connectivity index (χ0n) is 15.0. The van der Waals surface area contributed by atoms with Crippen LogP contribution in [0.25, 0.3) is 22.5 Å². The highest BCUT2D eigenvalue weighted by Crippen LogP contribution is 2.30. The zero-order valence-corrected chi connectivity index (χ0v) is 15.8. The summed E-state index contributed by atoms with van der Waals surface area (Å²) >= 11 is 1.34. The van der Waals surface area contributed by atoms with Crippen molar-refractivity contribution in [2.75, 3.05) is 0 Å². The van der Waals surface area contributed by atoms with Crippen LogP contribution in [-0.4, -0.2) is 32.4 Å². The second-order valence-electron chi connectivity index (χ2n) is 6.57. The Morgan fingerprint density at radius 1 is 0.963 bits per heavy atom. The molecule has 0 spiro atoms. The molecule has 0 saturated heterocycles. The molecular formula is C21H20N4OS. The van der Waals surface area contributed by atoms with Gasteiger partial charge in [-0.15, -0.1) is 10.2 Å². The lowest BCUT2D eigenvalue weighted by Gasteiger charge is -2.12. The fraction of sp³-hybridized carbons (Fsp3) is 0.238. The summed E-state index contributed by atoms with van der Waals surface area (Å²) in [5.74, 6) is 0.0273. The van der Waals surface area contributed by atoms with E-state index < -0.39 is 0 Å². The van der Waals surface area contributed by atoms with Crippen LogP contribution in [0.15, 0.2) is 65.8 Å². The van der Waals surface area contributed by atoms with Gasteiger partial charge in [0.1, 0.15) is 11.4 Å². The van der Waals surface area contributed by atoms with E-state index in [0.717, 1.165) is 35.4 Å². The average Bonchev–Trinajstić information content (AvgIpc) is 3.53. The molecule has 1 atom stereocenters. The molecule has 1 fully saturated rings. The van der Waals surface area contributed by atoms with E-state index in [2.05, 4.69) is 15.5 Å². The highest BCUT2D eigenvalue weighted by atomic mass is 32.2. The Kier molecular flexibility index (Phi) is 5.16. The molecule has 0 bridgehead atoms. The van der Waals surface area contributed by atoms with Gasteiger partial charge in [-0.2, -0.15) is 0 Å². The molecule has 1 saturated carbocycles. The highest BCUT2D eigenvalue weighted by Gasteiger charge is 2.26. The molecule has 2 aromatic carbocycles. The maximum atomic E-state index is 12.2. The lowest BCUT2D eigenvalue weighted by Crippen LogP contribution is -2.32. The summed E-state index contributed by atoms with van der Waals surface area (Å²) in [7, 11) is 0. The third-order valence-electron chi connectivity index (χ3n) is 4.34. The van der Waals surface area contributed by atoms with E-state index in [9.17, 15) is 4.79 Å². The summed E-state index contributed by atoms with van der Waals surface area (Å²) in [6, 6.07) is 20.2. The van der Waals surface area contributed by atoms with Crippen LogP contribution in [0.5, 0.6) is 0 Å². The van der Waals surface area contributed by atoms with E-state index >= 15 is 0 Å². The fourth-order valence-corrected chi connectivity index (χ4v) is 3.43. The number of nitrogens with zero attached hydrogens (tertiary/aromatic N) is 3. The summed E-state index contributed by atoms with van der Waals surface area (Å²) in [4.78, 5) is 17.0. The van der Waals surface area contributed by atoms with E-state index in [0.29, 0.717) is 11.2 Å². The first kappa shape index (κ1) is 17.7. The number of hydrogen-bond donors (Lipinski definition) is 1. The number of benzene rings is 2. The van der Waals surface area contributed by atoms with Crippen molar-refractivity contribution < 1.29 is 4.79 Å². The van der Waals surface area contributed by atoms with E-state index in [1.165, 1.54) is 11.8 Å². The Labute approximate surface area is 162 Å². The molecule has 0 radical (unpaired) electrons. The first-order chi connectivity index (χ1) is 13.2. The van der Waals surface area contributed by atoms with Crippen LogP contribution in [-0.2, 0) is 4.79 Å². The Balaban J connectivity index is 1.65. The van der Waals surface area contributed by atoms with E-state index in [1.54, 1.807) is 0 Å². The van der Waals surface area contributed by atoms with Crippen LogP contribution in [0.3, 0.4) is 0 Å². The van der Waals surface area contributed by atoms with Crippen molar-refractivity contribution in [1.29, 1.82) is 0 Å². The SMILES string of the molecule is C[C@@H](Sc1nnc(-c2ccccc2)c(-c2ccccc2)n1)C(=O)NC1CC1. The molecule has 136 valence electrons. The van der Waals surface area contributed by atoms with Gasteiger partial charge in [-0.05, 0) is 19.8 Å². The summed E-state index contributed by atoms with van der Waals surface area (Å²) in [5, 5.41) is 12.0. The van der Waals surface area contributed by atoms with Gasteiger partial charge in [-0.1, -0.05) is 72.4 Å². The molecule has 1 N–H and O–H groups in total. The number of hydrogen-bond acceptors (Lipinski definition) is 5. The quantitative estimate of drug-likeness (QED) is 0.660. The lowest BCUT2D eigenvalue weighted by atomic mass is 10.0. The van der Waals surface area contributed by atoms with Gasteiger partial charge in [0.05, 0.1) is 5.25 Å². The largest absolute Gasteiger partial charge is 0.352 e. The Morgan fingerprint density at radius 3 is 2.15 bits per heavy atom. The summed E-state index contributed by atoms with van der Waals surface area (Å²) in [6.07, 6.45) is 2.15. The Bertz CT molecular complexity index is 929.